The predicted octanol–water partition coefficient (Wildman–Crippen LogP) is 16.7. The summed E-state index contributed by atoms with van der Waals surface area (Å²) in [7, 11) is 0. The van der Waals surface area contributed by atoms with Crippen LogP contribution >= 0.6 is 22.7 Å². The minimum Gasteiger partial charge on any atom is -0.455 e. The monoisotopic (exact) mass is 802 g/mol. The highest BCUT2D eigenvalue weighted by Gasteiger charge is 2.20. The van der Waals surface area contributed by atoms with E-state index in [4.69, 9.17) is 9.40 Å². The van der Waals surface area contributed by atoms with Gasteiger partial charge >= 0.3 is 0 Å². The van der Waals surface area contributed by atoms with Gasteiger partial charge in [-0.15, -0.1) is 22.7 Å². The zero-order valence-electron chi connectivity index (χ0n) is 32.2. The van der Waals surface area contributed by atoms with Gasteiger partial charge in [-0.2, -0.15) is 0 Å². The van der Waals surface area contributed by atoms with Crippen LogP contribution in [0.3, 0.4) is 0 Å². The van der Waals surface area contributed by atoms with Crippen molar-refractivity contribution in [1.29, 1.82) is 0 Å². The molecule has 12 aromatic rings. The van der Waals surface area contributed by atoms with Crippen molar-refractivity contribution < 1.29 is 4.42 Å². The Morgan fingerprint density at radius 1 is 0.400 bits per heavy atom. The quantitative estimate of drug-likeness (QED) is 0.161. The van der Waals surface area contributed by atoms with Crippen molar-refractivity contribution in [1.82, 2.24) is 4.98 Å². The third kappa shape index (κ3) is 5.82. The molecule has 0 bridgehead atoms. The van der Waals surface area contributed by atoms with Gasteiger partial charge in [0.15, 0.2) is 0 Å². The van der Waals surface area contributed by atoms with Crippen LogP contribution in [0.5, 0.6) is 0 Å². The molecule has 9 aromatic carbocycles. The number of rotatable bonds is 7. The molecular weight excluding hydrogens is 769 g/mol. The lowest BCUT2D eigenvalue weighted by molar-refractivity contribution is 0.670. The number of thiazole rings is 1. The predicted molar refractivity (Wildman–Crippen MR) is 256 cm³/mol. The molecule has 60 heavy (non-hydrogen) atoms. The van der Waals surface area contributed by atoms with Crippen LogP contribution in [0.15, 0.2) is 211 Å². The summed E-state index contributed by atoms with van der Waals surface area (Å²) >= 11 is 3.60. The van der Waals surface area contributed by atoms with Gasteiger partial charge in [0.25, 0.3) is 0 Å². The highest BCUT2D eigenvalue weighted by molar-refractivity contribution is 7.26. The number of hydrogen-bond acceptors (Lipinski definition) is 5. The lowest BCUT2D eigenvalue weighted by atomic mass is 9.99. The molecule has 0 aliphatic rings. The highest BCUT2D eigenvalue weighted by atomic mass is 32.1. The van der Waals surface area contributed by atoms with Gasteiger partial charge in [-0.3, -0.25) is 0 Å². The maximum Gasteiger partial charge on any atom is 0.143 e. The van der Waals surface area contributed by atoms with Gasteiger partial charge < -0.3 is 9.32 Å². The summed E-state index contributed by atoms with van der Waals surface area (Å²) < 4.78 is 10.2. The number of para-hydroxylation sites is 3. The van der Waals surface area contributed by atoms with Crippen LogP contribution in [-0.2, 0) is 0 Å². The van der Waals surface area contributed by atoms with E-state index in [-0.39, 0.29) is 0 Å². The van der Waals surface area contributed by atoms with Gasteiger partial charge in [0.05, 0.1) is 15.9 Å². The number of thiophene rings is 1. The van der Waals surface area contributed by atoms with Crippen LogP contribution in [0.1, 0.15) is 0 Å². The standard InChI is InChI=1S/C55H34N2OS2/c1-3-12-36(13-4-1)42-16-7-9-20-47(42)57(41-29-24-37(25-30-41)43-18-11-19-45-44-17-8-10-21-48(44)58-54(43)45)40-27-22-35(23-28-40)39-26-31-49-46(34-39)52-50(59-49)32-33-51-53(52)56-55(60-51)38-14-5-2-6-15-38/h1-34H. The minimum atomic E-state index is 0.904. The van der Waals surface area contributed by atoms with Crippen LogP contribution in [0.25, 0.3) is 96.3 Å². The first-order chi connectivity index (χ1) is 29.7. The first kappa shape index (κ1) is 34.7. The molecule has 0 saturated heterocycles. The molecular formula is C55H34N2OS2. The van der Waals surface area contributed by atoms with E-state index in [1.807, 2.05) is 23.5 Å². The van der Waals surface area contributed by atoms with Crippen molar-refractivity contribution >= 4 is 92.1 Å². The summed E-state index contributed by atoms with van der Waals surface area (Å²) in [6.45, 7) is 0. The fourth-order valence-electron chi connectivity index (χ4n) is 8.66. The molecule has 0 atom stereocenters. The van der Waals surface area contributed by atoms with Crippen molar-refractivity contribution in [3.8, 4) is 44.0 Å². The van der Waals surface area contributed by atoms with Crippen LogP contribution in [0.2, 0.25) is 0 Å². The lowest BCUT2D eigenvalue weighted by Crippen LogP contribution is -2.11. The Hall–Kier alpha value is -7.31. The number of hydrogen-bond donors (Lipinski definition) is 0. The van der Waals surface area contributed by atoms with E-state index in [9.17, 15) is 0 Å². The lowest BCUT2D eigenvalue weighted by Gasteiger charge is -2.28. The Labute approximate surface area is 354 Å². The summed E-state index contributed by atoms with van der Waals surface area (Å²) in [5.74, 6) is 0. The Kier molecular flexibility index (Phi) is 8.22. The number of anilines is 3. The first-order valence-corrected chi connectivity index (χ1v) is 21.7. The Bertz CT molecular complexity index is 3530. The number of nitrogens with zero attached hydrogens (tertiary/aromatic N) is 2. The fourth-order valence-corrected chi connectivity index (χ4v) is 10.7. The SMILES string of the molecule is c1ccc(-c2nc3c(ccc4sc5ccc(-c6ccc(N(c7ccc(-c8cccc9c8oc8ccccc89)cc7)c7ccccc7-c7ccccc7)cc6)cc5c43)s2)cc1. The molecule has 0 N–H and O–H groups in total. The summed E-state index contributed by atoms with van der Waals surface area (Å²) in [4.78, 5) is 7.58. The van der Waals surface area contributed by atoms with Crippen molar-refractivity contribution in [2.75, 3.05) is 4.90 Å². The van der Waals surface area contributed by atoms with Crippen molar-refractivity contribution in [2.45, 2.75) is 0 Å². The van der Waals surface area contributed by atoms with Crippen LogP contribution in [-0.4, -0.2) is 4.98 Å². The number of aromatic nitrogens is 1. The Morgan fingerprint density at radius 2 is 1.00 bits per heavy atom. The maximum absolute atomic E-state index is 6.43. The fraction of sp³-hybridized carbons (Fsp3) is 0. The number of furan rings is 1. The molecule has 0 amide bonds. The van der Waals surface area contributed by atoms with Gasteiger partial charge in [-0.05, 0) is 82.9 Å². The Balaban J connectivity index is 0.952. The van der Waals surface area contributed by atoms with Crippen LogP contribution in [0.4, 0.5) is 17.1 Å². The zero-order valence-corrected chi connectivity index (χ0v) is 33.9. The number of fused-ring (bicyclic) bond motifs is 8. The average Bonchev–Trinajstić information content (AvgIpc) is 4.04. The Morgan fingerprint density at radius 3 is 1.80 bits per heavy atom. The molecule has 3 heterocycles. The molecule has 12 rings (SSSR count). The topological polar surface area (TPSA) is 29.3 Å². The summed E-state index contributed by atoms with van der Waals surface area (Å²) in [6, 6.07) is 73.8. The van der Waals surface area contributed by atoms with Gasteiger partial charge in [0.2, 0.25) is 0 Å². The molecule has 0 saturated carbocycles. The van der Waals surface area contributed by atoms with Crippen LogP contribution in [0, 0.1) is 0 Å². The molecule has 3 nitrogen and oxygen atoms in total. The van der Waals surface area contributed by atoms with Crippen molar-refractivity contribution in [3.63, 3.8) is 0 Å². The van der Waals surface area contributed by atoms with Gasteiger partial charge in [-0.25, -0.2) is 4.98 Å². The molecule has 0 radical (unpaired) electrons. The van der Waals surface area contributed by atoms with E-state index in [0.29, 0.717) is 0 Å². The summed E-state index contributed by atoms with van der Waals surface area (Å²) in [5, 5.41) is 5.82. The van der Waals surface area contributed by atoms with E-state index in [2.05, 4.69) is 199 Å². The minimum absolute atomic E-state index is 0.904. The van der Waals surface area contributed by atoms with Crippen LogP contribution < -0.4 is 4.90 Å². The van der Waals surface area contributed by atoms with Gasteiger partial charge in [0, 0.05) is 59.0 Å². The summed E-state index contributed by atoms with van der Waals surface area (Å²) in [6.07, 6.45) is 0. The van der Waals surface area contributed by atoms with E-state index in [0.717, 1.165) is 71.8 Å². The van der Waals surface area contributed by atoms with E-state index >= 15 is 0 Å². The summed E-state index contributed by atoms with van der Waals surface area (Å²) in [5.41, 5.74) is 14.2. The van der Waals surface area contributed by atoms with Gasteiger partial charge in [-0.1, -0.05) is 146 Å². The highest BCUT2D eigenvalue weighted by Crippen LogP contribution is 2.45. The average molecular weight is 803 g/mol. The first-order valence-electron chi connectivity index (χ1n) is 20.1. The number of benzene rings is 9. The molecule has 3 aromatic heterocycles. The largest absolute Gasteiger partial charge is 0.455 e. The maximum atomic E-state index is 6.43. The third-order valence-electron chi connectivity index (χ3n) is 11.5. The van der Waals surface area contributed by atoms with Crippen molar-refractivity contribution in [2.24, 2.45) is 0 Å². The molecule has 0 unspecified atom stereocenters. The third-order valence-corrected chi connectivity index (χ3v) is 13.7. The second-order valence-corrected chi connectivity index (χ2v) is 17.2. The van der Waals surface area contributed by atoms with E-state index < -0.39 is 0 Å². The molecule has 0 aliphatic heterocycles. The van der Waals surface area contributed by atoms with Crippen molar-refractivity contribution in [3.05, 3.63) is 206 Å². The van der Waals surface area contributed by atoms with Gasteiger partial charge in [0.1, 0.15) is 16.2 Å². The molecule has 0 aliphatic carbocycles. The molecule has 0 fully saturated rings. The molecule has 282 valence electrons. The van der Waals surface area contributed by atoms with E-state index in [1.165, 1.54) is 41.6 Å². The zero-order chi connectivity index (χ0) is 39.6. The molecule has 5 heteroatoms. The second kappa shape index (κ2) is 14.2. The van der Waals surface area contributed by atoms with E-state index in [1.54, 1.807) is 11.3 Å². The normalized spacial score (nSPS) is 11.7. The molecule has 0 spiro atoms. The second-order valence-electron chi connectivity index (χ2n) is 15.1. The smallest absolute Gasteiger partial charge is 0.143 e.